The SMILES string of the molecule is CCCCC(=O)N(Cc1ccc(-c2ccccc2-c2nnn[n-]2)cc1)[C@H](C(=O)[O-])C(C)C.[Mg+2]. The molecule has 0 aliphatic heterocycles. The fourth-order valence-corrected chi connectivity index (χ4v) is 3.74. The van der Waals surface area contributed by atoms with Gasteiger partial charge in [0, 0.05) is 18.8 Å². The van der Waals surface area contributed by atoms with Gasteiger partial charge in [-0.05, 0) is 34.6 Å². The molecule has 1 atom stereocenters. The Kier molecular flexibility index (Phi) is 9.99. The normalized spacial score (nSPS) is 11.6. The van der Waals surface area contributed by atoms with E-state index in [1.165, 1.54) is 4.90 Å². The third-order valence-corrected chi connectivity index (χ3v) is 5.38. The van der Waals surface area contributed by atoms with Crippen LogP contribution in [0.5, 0.6) is 0 Å². The van der Waals surface area contributed by atoms with Gasteiger partial charge in [-0.15, -0.1) is 0 Å². The number of carboxylic acids is 1. The Hall–Kier alpha value is -2.78. The standard InChI is InChI=1S/C24H29N5O3.Mg/c1-4-5-10-21(30)29(22(16(2)3)24(31)32)15-17-11-13-18(14-12-17)19-8-6-7-9-20(19)23-25-27-28-26-23;/h6-9,11-14,16,22H,4-5,10,15H2,1-3H3,(H2,25,26,27,28,31,32);/q;+2/p-2/t22-;/m0./s1. The van der Waals surface area contributed by atoms with Gasteiger partial charge in [-0.1, -0.05) is 75.7 Å². The van der Waals surface area contributed by atoms with Crippen LogP contribution in [0, 0.1) is 5.92 Å². The van der Waals surface area contributed by atoms with Crippen molar-refractivity contribution in [2.24, 2.45) is 5.92 Å². The number of carbonyl (C=O) groups excluding carboxylic acids is 2. The van der Waals surface area contributed by atoms with E-state index in [1.807, 2.05) is 55.5 Å². The first-order valence-electron chi connectivity index (χ1n) is 10.8. The predicted molar refractivity (Wildman–Crippen MR) is 123 cm³/mol. The summed E-state index contributed by atoms with van der Waals surface area (Å²) in [4.78, 5) is 26.1. The summed E-state index contributed by atoms with van der Waals surface area (Å²) in [5.74, 6) is -1.21. The van der Waals surface area contributed by atoms with Crippen molar-refractivity contribution in [1.82, 2.24) is 25.5 Å². The molecule has 0 N–H and O–H groups in total. The van der Waals surface area contributed by atoms with Crippen molar-refractivity contribution < 1.29 is 14.7 Å². The summed E-state index contributed by atoms with van der Waals surface area (Å²) in [5.41, 5.74) is 3.53. The van der Waals surface area contributed by atoms with Gasteiger partial charge in [-0.2, -0.15) is 5.21 Å². The Morgan fingerprint density at radius 3 is 2.27 bits per heavy atom. The second kappa shape index (κ2) is 12.5. The molecule has 8 nitrogen and oxygen atoms in total. The largest absolute Gasteiger partial charge is 2.00 e. The Morgan fingerprint density at radius 1 is 1.06 bits per heavy atom. The average Bonchev–Trinajstić information content (AvgIpc) is 3.32. The van der Waals surface area contributed by atoms with E-state index in [-0.39, 0.29) is 41.4 Å². The van der Waals surface area contributed by atoms with Crippen molar-refractivity contribution in [3.05, 3.63) is 54.1 Å². The quantitative estimate of drug-likeness (QED) is 0.428. The van der Waals surface area contributed by atoms with Gasteiger partial charge in [-0.25, -0.2) is 0 Å². The van der Waals surface area contributed by atoms with Crippen molar-refractivity contribution in [3.63, 3.8) is 0 Å². The number of carbonyl (C=O) groups is 2. The minimum absolute atomic E-state index is 0. The van der Waals surface area contributed by atoms with E-state index in [2.05, 4.69) is 20.6 Å². The molecule has 33 heavy (non-hydrogen) atoms. The molecule has 0 saturated carbocycles. The number of hydrogen-bond acceptors (Lipinski definition) is 6. The van der Waals surface area contributed by atoms with E-state index < -0.39 is 12.0 Å². The van der Waals surface area contributed by atoms with Gasteiger partial charge >= 0.3 is 23.1 Å². The Balaban J connectivity index is 0.00000385. The van der Waals surface area contributed by atoms with Crippen molar-refractivity contribution in [3.8, 4) is 22.5 Å². The molecule has 0 saturated heterocycles. The molecule has 3 rings (SSSR count). The van der Waals surface area contributed by atoms with Crippen LogP contribution in [0.4, 0.5) is 0 Å². The number of unbranched alkanes of at least 4 members (excludes halogenated alkanes) is 1. The smallest absolute Gasteiger partial charge is 0.548 e. The molecule has 1 heterocycles. The van der Waals surface area contributed by atoms with E-state index in [0.717, 1.165) is 35.1 Å². The maximum absolute atomic E-state index is 12.8. The first kappa shape index (κ1) is 26.5. The van der Waals surface area contributed by atoms with E-state index in [0.29, 0.717) is 12.2 Å². The summed E-state index contributed by atoms with van der Waals surface area (Å²) in [6, 6.07) is 14.4. The Morgan fingerprint density at radius 2 is 1.73 bits per heavy atom. The van der Waals surface area contributed by atoms with Crippen LogP contribution in [0.2, 0.25) is 0 Å². The molecule has 2 aromatic carbocycles. The second-order valence-corrected chi connectivity index (χ2v) is 8.08. The van der Waals surface area contributed by atoms with Crippen molar-refractivity contribution >= 4 is 34.9 Å². The van der Waals surface area contributed by atoms with Gasteiger partial charge in [0.1, 0.15) is 0 Å². The molecule has 0 bridgehead atoms. The van der Waals surface area contributed by atoms with Gasteiger partial charge in [0.2, 0.25) is 5.91 Å². The maximum Gasteiger partial charge on any atom is 2.00 e. The summed E-state index contributed by atoms with van der Waals surface area (Å²) in [6.07, 6.45) is 1.90. The van der Waals surface area contributed by atoms with E-state index in [1.54, 1.807) is 13.8 Å². The third kappa shape index (κ3) is 6.61. The molecule has 0 radical (unpaired) electrons. The molecule has 0 unspecified atom stereocenters. The van der Waals surface area contributed by atoms with Crippen LogP contribution in [0.3, 0.4) is 0 Å². The fraction of sp³-hybridized carbons (Fsp3) is 0.375. The molecule has 1 amide bonds. The monoisotopic (exact) mass is 457 g/mol. The summed E-state index contributed by atoms with van der Waals surface area (Å²) < 4.78 is 0. The first-order valence-corrected chi connectivity index (χ1v) is 10.8. The van der Waals surface area contributed by atoms with Gasteiger partial charge in [0.15, 0.2) is 0 Å². The van der Waals surface area contributed by atoms with Crippen LogP contribution in [-0.4, -0.2) is 61.4 Å². The number of rotatable bonds is 10. The van der Waals surface area contributed by atoms with Crippen LogP contribution < -0.4 is 10.2 Å². The number of amides is 1. The van der Waals surface area contributed by atoms with Crippen LogP contribution >= 0.6 is 0 Å². The third-order valence-electron chi connectivity index (χ3n) is 5.38. The van der Waals surface area contributed by atoms with E-state index in [9.17, 15) is 14.7 Å². The van der Waals surface area contributed by atoms with Gasteiger partial charge in [0.05, 0.1) is 12.0 Å². The molecule has 9 heteroatoms. The number of tetrazole rings is 1. The van der Waals surface area contributed by atoms with E-state index >= 15 is 0 Å². The second-order valence-electron chi connectivity index (χ2n) is 8.08. The Labute approximate surface area is 209 Å². The fourth-order valence-electron chi connectivity index (χ4n) is 3.74. The molecule has 0 aliphatic rings. The molecule has 0 aliphatic carbocycles. The molecule has 1 aromatic heterocycles. The zero-order chi connectivity index (χ0) is 23.1. The van der Waals surface area contributed by atoms with Crippen LogP contribution in [0.15, 0.2) is 48.5 Å². The zero-order valence-electron chi connectivity index (χ0n) is 19.3. The van der Waals surface area contributed by atoms with Crippen LogP contribution in [-0.2, 0) is 16.1 Å². The minimum atomic E-state index is -1.23. The number of nitrogens with zero attached hydrogens (tertiary/aromatic N) is 5. The summed E-state index contributed by atoms with van der Waals surface area (Å²) in [6.45, 7) is 5.78. The number of hydrogen-bond donors (Lipinski definition) is 0. The number of benzene rings is 2. The van der Waals surface area contributed by atoms with Gasteiger partial charge in [-0.3, -0.25) is 15.1 Å². The molecule has 0 spiro atoms. The molecular formula is C24H27MgN5O3. The van der Waals surface area contributed by atoms with Gasteiger partial charge < -0.3 is 19.9 Å². The minimum Gasteiger partial charge on any atom is -0.548 e. The summed E-state index contributed by atoms with van der Waals surface area (Å²) in [5, 5.41) is 26.8. The topological polar surface area (TPSA) is 113 Å². The predicted octanol–water partition coefficient (Wildman–Crippen LogP) is 2.08. The van der Waals surface area contributed by atoms with Gasteiger partial charge in [0.25, 0.3) is 0 Å². The zero-order valence-corrected chi connectivity index (χ0v) is 20.7. The first-order chi connectivity index (χ1) is 15.4. The summed E-state index contributed by atoms with van der Waals surface area (Å²) >= 11 is 0. The average molecular weight is 458 g/mol. The van der Waals surface area contributed by atoms with Crippen LogP contribution in [0.25, 0.3) is 22.5 Å². The Bertz CT molecular complexity index is 1040. The number of carboxylic acid groups (broad SMARTS) is 1. The number of aliphatic carboxylic acids is 1. The van der Waals surface area contributed by atoms with Crippen molar-refractivity contribution in [2.45, 2.75) is 52.6 Å². The molecular weight excluding hydrogens is 431 g/mol. The maximum atomic E-state index is 12.8. The van der Waals surface area contributed by atoms with Crippen LogP contribution in [0.1, 0.15) is 45.6 Å². The van der Waals surface area contributed by atoms with Crippen molar-refractivity contribution in [1.29, 1.82) is 0 Å². The summed E-state index contributed by atoms with van der Waals surface area (Å²) in [7, 11) is 0. The molecule has 0 fully saturated rings. The molecule has 3 aromatic rings. The molecule has 168 valence electrons. The van der Waals surface area contributed by atoms with Crippen molar-refractivity contribution in [2.75, 3.05) is 0 Å². The van der Waals surface area contributed by atoms with E-state index in [4.69, 9.17) is 0 Å². The number of aromatic nitrogens is 4.